The normalized spacial score (nSPS) is 13.3. The number of ether oxygens (including phenoxy) is 1. The van der Waals surface area contributed by atoms with E-state index in [1.165, 1.54) is 10.4 Å². The molecule has 0 spiro atoms. The Morgan fingerprint density at radius 3 is 2.19 bits per heavy atom. The molecule has 0 aliphatic heterocycles. The van der Waals surface area contributed by atoms with Crippen molar-refractivity contribution in [3.05, 3.63) is 101 Å². The second kappa shape index (κ2) is 15.7. The van der Waals surface area contributed by atoms with Crippen molar-refractivity contribution in [3.8, 4) is 11.8 Å². The summed E-state index contributed by atoms with van der Waals surface area (Å²) in [5, 5.41) is 13.2. The molecule has 3 rings (SSSR count). The fourth-order valence-electron chi connectivity index (χ4n) is 5.36. The molecule has 1 aromatic heterocycles. The molecule has 1 unspecified atom stereocenters. The lowest BCUT2D eigenvalue weighted by Gasteiger charge is -2.42. The molecule has 0 saturated heterocycles. The number of benzene rings is 2. The summed E-state index contributed by atoms with van der Waals surface area (Å²) in [6, 6.07) is 23.0. The van der Waals surface area contributed by atoms with E-state index < -0.39 is 14.4 Å². The molecule has 0 fully saturated rings. The van der Waals surface area contributed by atoms with Crippen molar-refractivity contribution in [1.29, 1.82) is 0 Å². The molecular weight excluding hydrogens is 552 g/mol. The number of aliphatic hydroxyl groups excluding tert-OH is 1. The highest BCUT2D eigenvalue weighted by Gasteiger charge is 2.50. The summed E-state index contributed by atoms with van der Waals surface area (Å²) in [5.41, 5.74) is 2.36. The number of allylic oxidation sites excluding steroid dienone is 1. The molecule has 0 aliphatic carbocycles. The van der Waals surface area contributed by atoms with Crippen LogP contribution in [0.3, 0.4) is 0 Å². The SMILES string of the molecule is CCOC(=O)/C(C)=C\c1cc(C)c(C(O)C/C(C)=C/CCC#CCO[Si](c2ccccc2)(c2ccccc2)C(C)(C)C)o1. The van der Waals surface area contributed by atoms with E-state index in [2.05, 4.69) is 87.2 Å². The largest absolute Gasteiger partial charge is 0.463 e. The minimum Gasteiger partial charge on any atom is -0.463 e. The highest BCUT2D eigenvalue weighted by molar-refractivity contribution is 6.99. The van der Waals surface area contributed by atoms with Crippen molar-refractivity contribution in [2.45, 2.75) is 78.9 Å². The number of rotatable bonds is 12. The zero-order valence-corrected chi connectivity index (χ0v) is 27.7. The summed E-state index contributed by atoms with van der Waals surface area (Å²) in [5.74, 6) is 7.20. The molecule has 0 aliphatic rings. The van der Waals surface area contributed by atoms with Gasteiger partial charge in [-0.05, 0) is 67.2 Å². The summed E-state index contributed by atoms with van der Waals surface area (Å²) in [6.07, 6.45) is 4.93. The molecule has 43 heavy (non-hydrogen) atoms. The standard InChI is InChI=1S/C37H46O5Si/c1-8-40-36(39)30(4)27-31-26-29(3)35(42-31)34(38)25-28(2)19-13-9-10-18-24-41-43(37(5,6)7,32-20-14-11-15-21-32)33-22-16-12-17-23-33/h11-12,14-17,19-23,26-27,34,38H,8-9,13,24-25H2,1-7H3/b28-19+,30-27-. The van der Waals surface area contributed by atoms with Crippen LogP contribution in [0.1, 0.15) is 84.0 Å². The number of hydrogen-bond donors (Lipinski definition) is 1. The Hall–Kier alpha value is -3.63. The van der Waals surface area contributed by atoms with E-state index in [4.69, 9.17) is 13.6 Å². The Kier molecular flexibility index (Phi) is 12.4. The zero-order valence-electron chi connectivity index (χ0n) is 26.7. The van der Waals surface area contributed by atoms with Gasteiger partial charge in [-0.1, -0.05) is 99.0 Å². The number of carbonyl (C=O) groups is 1. The van der Waals surface area contributed by atoms with Crippen LogP contribution < -0.4 is 10.4 Å². The molecule has 1 atom stereocenters. The molecule has 228 valence electrons. The number of carbonyl (C=O) groups excluding carboxylic acids is 1. The van der Waals surface area contributed by atoms with Crippen molar-refractivity contribution >= 4 is 30.7 Å². The number of furan rings is 1. The van der Waals surface area contributed by atoms with Gasteiger partial charge in [0.25, 0.3) is 8.32 Å². The van der Waals surface area contributed by atoms with E-state index in [-0.39, 0.29) is 11.0 Å². The van der Waals surface area contributed by atoms with Gasteiger partial charge in [-0.25, -0.2) is 4.79 Å². The number of esters is 1. The number of hydrogen-bond acceptors (Lipinski definition) is 5. The Balaban J connectivity index is 1.60. The second-order valence-corrected chi connectivity index (χ2v) is 16.2. The van der Waals surface area contributed by atoms with E-state index in [9.17, 15) is 9.90 Å². The molecule has 0 saturated carbocycles. The van der Waals surface area contributed by atoms with E-state index >= 15 is 0 Å². The lowest BCUT2D eigenvalue weighted by molar-refractivity contribution is -0.138. The van der Waals surface area contributed by atoms with Crippen LogP contribution in [0.25, 0.3) is 6.08 Å². The van der Waals surface area contributed by atoms with E-state index in [0.717, 1.165) is 17.6 Å². The second-order valence-electron chi connectivity index (χ2n) is 11.9. The smallest absolute Gasteiger partial charge is 0.333 e. The minimum atomic E-state index is -2.59. The summed E-state index contributed by atoms with van der Waals surface area (Å²) in [7, 11) is -2.59. The summed E-state index contributed by atoms with van der Waals surface area (Å²) in [6.45, 7) is 14.8. The average Bonchev–Trinajstić information content (AvgIpc) is 3.34. The van der Waals surface area contributed by atoms with Crippen LogP contribution in [0.5, 0.6) is 0 Å². The lowest BCUT2D eigenvalue weighted by atomic mass is 10.0. The molecular formula is C37H46O5Si. The van der Waals surface area contributed by atoms with Crippen LogP contribution in [0.4, 0.5) is 0 Å². The quantitative estimate of drug-likeness (QED) is 0.0592. The first-order valence-corrected chi connectivity index (χ1v) is 16.9. The molecule has 6 heteroatoms. The van der Waals surface area contributed by atoms with Gasteiger partial charge >= 0.3 is 5.97 Å². The van der Waals surface area contributed by atoms with E-state index in [1.807, 2.05) is 32.0 Å². The maximum atomic E-state index is 11.9. The van der Waals surface area contributed by atoms with Gasteiger partial charge in [0.2, 0.25) is 0 Å². The zero-order chi connectivity index (χ0) is 31.5. The predicted octanol–water partition coefficient (Wildman–Crippen LogP) is 7.28. The van der Waals surface area contributed by atoms with Gasteiger partial charge in [0.15, 0.2) is 0 Å². The third-order valence-electron chi connectivity index (χ3n) is 7.41. The van der Waals surface area contributed by atoms with Crippen molar-refractivity contribution in [3.63, 3.8) is 0 Å². The summed E-state index contributed by atoms with van der Waals surface area (Å²) < 4.78 is 17.7. The monoisotopic (exact) mass is 598 g/mol. The first-order valence-electron chi connectivity index (χ1n) is 15.0. The Morgan fingerprint density at radius 2 is 1.63 bits per heavy atom. The Bertz CT molecular complexity index is 1410. The van der Waals surface area contributed by atoms with E-state index in [0.29, 0.717) is 43.1 Å². The van der Waals surface area contributed by atoms with Gasteiger partial charge in [-0.2, -0.15) is 0 Å². The molecule has 1 heterocycles. The van der Waals surface area contributed by atoms with Crippen LogP contribution >= 0.6 is 0 Å². The van der Waals surface area contributed by atoms with Crippen molar-refractivity contribution in [2.75, 3.05) is 13.2 Å². The van der Waals surface area contributed by atoms with Gasteiger partial charge < -0.3 is 18.7 Å². The highest BCUT2D eigenvalue weighted by atomic mass is 28.4. The fraction of sp³-hybridized carbons (Fsp3) is 0.378. The molecule has 0 radical (unpaired) electrons. The van der Waals surface area contributed by atoms with E-state index in [1.54, 1.807) is 19.9 Å². The van der Waals surface area contributed by atoms with Crippen LogP contribution in [0, 0.1) is 18.8 Å². The van der Waals surface area contributed by atoms with Gasteiger partial charge in [0.05, 0.1) is 13.2 Å². The molecule has 0 amide bonds. The Labute approximate surface area is 258 Å². The first-order chi connectivity index (χ1) is 20.5. The van der Waals surface area contributed by atoms with Gasteiger partial charge in [-0.15, -0.1) is 5.92 Å². The number of aliphatic hydroxyl groups is 1. The van der Waals surface area contributed by atoms with Gasteiger partial charge in [0, 0.05) is 18.4 Å². The molecule has 0 bridgehead atoms. The van der Waals surface area contributed by atoms with Gasteiger partial charge in [0.1, 0.15) is 17.6 Å². The summed E-state index contributed by atoms with van der Waals surface area (Å²) >= 11 is 0. The first kappa shape index (κ1) is 33.9. The van der Waals surface area contributed by atoms with Crippen molar-refractivity contribution in [2.24, 2.45) is 0 Å². The third kappa shape index (κ3) is 8.93. The maximum Gasteiger partial charge on any atom is 0.333 e. The number of unbranched alkanes of at least 4 members (excludes halogenated alkanes) is 1. The minimum absolute atomic E-state index is 0.0821. The fourth-order valence-corrected chi connectivity index (χ4v) is 9.80. The molecule has 3 aromatic rings. The topological polar surface area (TPSA) is 68.9 Å². The van der Waals surface area contributed by atoms with Crippen molar-refractivity contribution < 1.29 is 23.5 Å². The average molecular weight is 599 g/mol. The maximum absolute atomic E-state index is 11.9. The molecule has 1 N–H and O–H groups in total. The van der Waals surface area contributed by atoms with Crippen molar-refractivity contribution in [1.82, 2.24) is 0 Å². The Morgan fingerprint density at radius 1 is 1.02 bits per heavy atom. The predicted molar refractivity (Wildman–Crippen MR) is 178 cm³/mol. The van der Waals surface area contributed by atoms with Crippen LogP contribution in [-0.4, -0.2) is 32.6 Å². The van der Waals surface area contributed by atoms with Gasteiger partial charge in [-0.3, -0.25) is 0 Å². The summed E-state index contributed by atoms with van der Waals surface area (Å²) in [4.78, 5) is 11.9. The molecule has 2 aromatic carbocycles. The highest BCUT2D eigenvalue weighted by Crippen LogP contribution is 2.36. The number of aryl methyl sites for hydroxylation is 1. The van der Waals surface area contributed by atoms with Crippen LogP contribution in [0.15, 0.2) is 88.4 Å². The molecule has 5 nitrogen and oxygen atoms in total. The third-order valence-corrected chi connectivity index (χ3v) is 12.4. The van der Waals surface area contributed by atoms with Crippen LogP contribution in [-0.2, 0) is 14.0 Å². The lowest BCUT2D eigenvalue weighted by Crippen LogP contribution is -2.66. The van der Waals surface area contributed by atoms with Crippen LogP contribution in [0.2, 0.25) is 5.04 Å².